The number of hydrogen-bond acceptors (Lipinski definition) is 1. The maximum absolute atomic E-state index is 15.3. The second-order valence-corrected chi connectivity index (χ2v) is 14.3. The Kier molecular flexibility index (Phi) is 9.66. The Hall–Kier alpha value is -4.45. The summed E-state index contributed by atoms with van der Waals surface area (Å²) in [5, 5.41) is 2.65. The highest BCUT2D eigenvalue weighted by atomic mass is 31.2. The second kappa shape index (κ2) is 14.3. The molecule has 218 valence electrons. The van der Waals surface area contributed by atoms with E-state index in [0.29, 0.717) is 0 Å². The average molecular weight is 591 g/mol. The summed E-state index contributed by atoms with van der Waals surface area (Å²) < 4.78 is 15.3. The summed E-state index contributed by atoms with van der Waals surface area (Å²) in [4.78, 5) is 0. The van der Waals surface area contributed by atoms with Crippen molar-refractivity contribution in [3.8, 4) is 0 Å². The fourth-order valence-electron chi connectivity index (χ4n) is 5.86. The van der Waals surface area contributed by atoms with Crippen molar-refractivity contribution >= 4 is 23.1 Å². The SMILES string of the molecule is O=P(c1ccc(CCc2ccccc2)cc1)(c1ccc(CCc2ccccc2)cc1)c1ccc(CCc2ccccc2)cc1. The van der Waals surface area contributed by atoms with Crippen LogP contribution in [0.1, 0.15) is 33.4 Å². The summed E-state index contributed by atoms with van der Waals surface area (Å²) in [5.41, 5.74) is 7.79. The highest BCUT2D eigenvalue weighted by Crippen LogP contribution is 2.42. The van der Waals surface area contributed by atoms with Crippen LogP contribution in [0.4, 0.5) is 0 Å². The fraction of sp³-hybridized carbons (Fsp3) is 0.143. The summed E-state index contributed by atoms with van der Waals surface area (Å²) in [7, 11) is -3.07. The lowest BCUT2D eigenvalue weighted by atomic mass is 10.0. The molecule has 0 aliphatic heterocycles. The van der Waals surface area contributed by atoms with E-state index in [4.69, 9.17) is 0 Å². The lowest BCUT2D eigenvalue weighted by Gasteiger charge is -2.21. The van der Waals surface area contributed by atoms with E-state index in [-0.39, 0.29) is 0 Å². The van der Waals surface area contributed by atoms with Crippen molar-refractivity contribution in [1.29, 1.82) is 0 Å². The minimum atomic E-state index is -3.07. The standard InChI is InChI=1S/C42H39OP/c43-44(40-28-22-37(23-29-40)19-16-34-10-4-1-5-11-34,41-30-24-38(25-31-41)20-17-35-12-6-2-7-13-35)42-32-26-39(27-33-42)21-18-36-14-8-3-9-15-36/h1-15,22-33H,16-21H2. The van der Waals surface area contributed by atoms with Gasteiger partial charge in [-0.05, 0) is 71.9 Å². The summed E-state index contributed by atoms with van der Waals surface area (Å²) in [6.45, 7) is 0. The lowest BCUT2D eigenvalue weighted by molar-refractivity contribution is 0.592. The molecule has 1 nitrogen and oxygen atoms in total. The van der Waals surface area contributed by atoms with E-state index in [1.54, 1.807) is 0 Å². The van der Waals surface area contributed by atoms with Gasteiger partial charge in [-0.25, -0.2) is 0 Å². The maximum atomic E-state index is 15.3. The molecule has 0 unspecified atom stereocenters. The van der Waals surface area contributed by atoms with Crippen molar-refractivity contribution in [1.82, 2.24) is 0 Å². The van der Waals surface area contributed by atoms with Gasteiger partial charge in [0.15, 0.2) is 7.14 Å². The molecule has 0 saturated heterocycles. The first-order valence-electron chi connectivity index (χ1n) is 15.7. The van der Waals surface area contributed by atoms with E-state index in [9.17, 15) is 0 Å². The predicted octanol–water partition coefficient (Wildman–Crippen LogP) is 8.68. The van der Waals surface area contributed by atoms with E-state index < -0.39 is 7.14 Å². The molecule has 0 saturated carbocycles. The number of hydrogen-bond donors (Lipinski definition) is 0. The lowest BCUT2D eigenvalue weighted by Crippen LogP contribution is -2.25. The molecule has 6 aromatic rings. The average Bonchev–Trinajstić information content (AvgIpc) is 3.10. The minimum absolute atomic E-state index is 0.884. The summed E-state index contributed by atoms with van der Waals surface area (Å²) in [6, 6.07) is 57.3. The topological polar surface area (TPSA) is 17.1 Å². The van der Waals surface area contributed by atoms with Gasteiger partial charge in [0.2, 0.25) is 0 Å². The largest absolute Gasteiger partial charge is 0.309 e. The van der Waals surface area contributed by atoms with Crippen LogP contribution < -0.4 is 15.9 Å². The quantitative estimate of drug-likeness (QED) is 0.130. The molecule has 0 aliphatic carbocycles. The van der Waals surface area contributed by atoms with Crippen LogP contribution in [0.3, 0.4) is 0 Å². The maximum Gasteiger partial charge on any atom is 0.171 e. The summed E-state index contributed by atoms with van der Waals surface area (Å²) in [5.74, 6) is 0. The van der Waals surface area contributed by atoms with Crippen molar-refractivity contribution in [3.63, 3.8) is 0 Å². The number of aryl methyl sites for hydroxylation is 6. The van der Waals surface area contributed by atoms with Crippen LogP contribution in [0.25, 0.3) is 0 Å². The zero-order valence-corrected chi connectivity index (χ0v) is 26.1. The third-order valence-corrected chi connectivity index (χ3v) is 11.6. The van der Waals surface area contributed by atoms with Crippen molar-refractivity contribution < 1.29 is 4.57 Å². The van der Waals surface area contributed by atoms with Crippen LogP contribution in [-0.2, 0) is 43.1 Å². The van der Waals surface area contributed by atoms with Gasteiger partial charge in [0, 0.05) is 15.9 Å². The van der Waals surface area contributed by atoms with Gasteiger partial charge in [0.1, 0.15) is 0 Å². The van der Waals surface area contributed by atoms with E-state index >= 15 is 4.57 Å². The second-order valence-electron chi connectivity index (χ2n) is 11.6. The van der Waals surface area contributed by atoms with Gasteiger partial charge in [0.25, 0.3) is 0 Å². The van der Waals surface area contributed by atoms with Gasteiger partial charge >= 0.3 is 0 Å². The Morgan fingerprint density at radius 3 is 0.705 bits per heavy atom. The van der Waals surface area contributed by atoms with Gasteiger partial charge in [-0.2, -0.15) is 0 Å². The molecule has 0 radical (unpaired) electrons. The summed E-state index contributed by atoms with van der Waals surface area (Å²) >= 11 is 0. The van der Waals surface area contributed by atoms with Crippen molar-refractivity contribution in [2.45, 2.75) is 38.5 Å². The molecule has 0 atom stereocenters. The number of rotatable bonds is 12. The van der Waals surface area contributed by atoms with E-state index in [1.807, 2.05) is 0 Å². The first-order chi connectivity index (χ1) is 21.7. The highest BCUT2D eigenvalue weighted by Gasteiger charge is 2.29. The van der Waals surface area contributed by atoms with Crippen molar-refractivity contribution in [2.24, 2.45) is 0 Å². The molecule has 0 amide bonds. The molecule has 0 spiro atoms. The Labute approximate surface area is 262 Å². The molecule has 6 aromatic carbocycles. The van der Waals surface area contributed by atoms with E-state index in [1.165, 1.54) is 33.4 Å². The van der Waals surface area contributed by atoms with Crippen LogP contribution in [-0.4, -0.2) is 0 Å². The Balaban J connectivity index is 1.25. The van der Waals surface area contributed by atoms with Gasteiger partial charge in [-0.1, -0.05) is 164 Å². The molecule has 0 bridgehead atoms. The highest BCUT2D eigenvalue weighted by molar-refractivity contribution is 7.85. The third-order valence-electron chi connectivity index (χ3n) is 8.54. The monoisotopic (exact) mass is 590 g/mol. The molecule has 0 N–H and O–H groups in total. The molecule has 44 heavy (non-hydrogen) atoms. The molecule has 0 aliphatic rings. The van der Waals surface area contributed by atoms with Crippen LogP contribution in [0, 0.1) is 0 Å². The Morgan fingerprint density at radius 1 is 0.273 bits per heavy atom. The zero-order valence-electron chi connectivity index (χ0n) is 25.2. The van der Waals surface area contributed by atoms with Crippen LogP contribution in [0.2, 0.25) is 0 Å². The molecule has 0 heterocycles. The molecule has 6 rings (SSSR count). The molecule has 0 aromatic heterocycles. The molecular weight excluding hydrogens is 551 g/mol. The van der Waals surface area contributed by atoms with Gasteiger partial charge < -0.3 is 4.57 Å². The summed E-state index contributed by atoms with van der Waals surface area (Å²) in [6.07, 6.45) is 5.86. The Morgan fingerprint density at radius 2 is 0.477 bits per heavy atom. The normalized spacial score (nSPS) is 11.4. The third kappa shape index (κ3) is 7.36. The van der Waals surface area contributed by atoms with Crippen LogP contribution in [0.5, 0.6) is 0 Å². The van der Waals surface area contributed by atoms with Gasteiger partial charge in [-0.3, -0.25) is 0 Å². The fourth-order valence-corrected chi connectivity index (χ4v) is 8.47. The molecule has 0 fully saturated rings. The van der Waals surface area contributed by atoms with Gasteiger partial charge in [0.05, 0.1) is 0 Å². The Bertz CT molecular complexity index is 1560. The first-order valence-corrected chi connectivity index (χ1v) is 17.4. The predicted molar refractivity (Wildman–Crippen MR) is 187 cm³/mol. The van der Waals surface area contributed by atoms with Crippen molar-refractivity contribution in [3.05, 3.63) is 197 Å². The van der Waals surface area contributed by atoms with Crippen molar-refractivity contribution in [2.75, 3.05) is 0 Å². The smallest absolute Gasteiger partial charge is 0.171 e. The van der Waals surface area contributed by atoms with Crippen LogP contribution >= 0.6 is 7.14 Å². The number of benzene rings is 6. The molecular formula is C42H39OP. The minimum Gasteiger partial charge on any atom is -0.309 e. The first kappa shape index (κ1) is 29.6. The van der Waals surface area contributed by atoms with Crippen LogP contribution in [0.15, 0.2) is 164 Å². The molecule has 2 heteroatoms. The van der Waals surface area contributed by atoms with Gasteiger partial charge in [-0.15, -0.1) is 0 Å². The van der Waals surface area contributed by atoms with E-state index in [2.05, 4.69) is 164 Å². The zero-order chi connectivity index (χ0) is 30.0. The van der Waals surface area contributed by atoms with E-state index in [0.717, 1.165) is 54.4 Å².